The van der Waals surface area contributed by atoms with E-state index in [9.17, 15) is 9.59 Å². The topological polar surface area (TPSA) is 69.9 Å². The van der Waals surface area contributed by atoms with Crippen LogP contribution in [0.1, 0.15) is 38.5 Å². The second-order valence-electron chi connectivity index (χ2n) is 6.92. The maximum Gasteiger partial charge on any atom is 0.320 e. The molecule has 6 nitrogen and oxygen atoms in total. The van der Waals surface area contributed by atoms with Gasteiger partial charge in [-0.05, 0) is 38.5 Å². The van der Waals surface area contributed by atoms with Gasteiger partial charge in [-0.15, -0.1) is 0 Å². The maximum atomic E-state index is 12.7. The summed E-state index contributed by atoms with van der Waals surface area (Å²) in [6.45, 7) is 4.68. The monoisotopic (exact) mass is 308 g/mol. The zero-order valence-corrected chi connectivity index (χ0v) is 13.4. The zero-order chi connectivity index (χ0) is 15.5. The molecule has 1 atom stereocenters. The van der Waals surface area contributed by atoms with Crippen molar-refractivity contribution < 1.29 is 9.59 Å². The molecule has 3 aliphatic rings. The fourth-order valence-electron chi connectivity index (χ4n) is 3.84. The first-order chi connectivity index (χ1) is 10.6. The van der Waals surface area contributed by atoms with Crippen LogP contribution >= 0.6 is 0 Å². The first-order valence-corrected chi connectivity index (χ1v) is 8.73. The van der Waals surface area contributed by atoms with E-state index in [-0.39, 0.29) is 23.9 Å². The van der Waals surface area contributed by atoms with Gasteiger partial charge in [0, 0.05) is 45.3 Å². The standard InChI is InChI=1S/C16H28N4O2/c17-14-5-10-18(11-6-14)15(21)13-4-3-9-20(12-13)16(22)19-7-1-2-8-19/h13-14H,1-12,17H2. The van der Waals surface area contributed by atoms with E-state index in [1.54, 1.807) is 0 Å². The number of carbonyl (C=O) groups excluding carboxylic acids is 2. The van der Waals surface area contributed by atoms with Crippen LogP contribution in [-0.2, 0) is 4.79 Å². The van der Waals surface area contributed by atoms with E-state index in [0.29, 0.717) is 6.54 Å². The van der Waals surface area contributed by atoms with Gasteiger partial charge in [0.1, 0.15) is 0 Å². The number of hydrogen-bond donors (Lipinski definition) is 1. The van der Waals surface area contributed by atoms with Crippen molar-refractivity contribution in [3.05, 3.63) is 0 Å². The molecule has 3 fully saturated rings. The summed E-state index contributed by atoms with van der Waals surface area (Å²) in [6.07, 6.45) is 5.85. The van der Waals surface area contributed by atoms with Gasteiger partial charge in [-0.1, -0.05) is 0 Å². The Morgan fingerprint density at radius 3 is 2.09 bits per heavy atom. The van der Waals surface area contributed by atoms with Gasteiger partial charge in [-0.25, -0.2) is 4.79 Å². The molecule has 3 aliphatic heterocycles. The molecule has 3 saturated heterocycles. The largest absolute Gasteiger partial charge is 0.342 e. The van der Waals surface area contributed by atoms with Crippen molar-refractivity contribution in [3.63, 3.8) is 0 Å². The first kappa shape index (κ1) is 15.6. The molecule has 0 bridgehead atoms. The molecule has 0 aromatic heterocycles. The highest BCUT2D eigenvalue weighted by Gasteiger charge is 2.34. The lowest BCUT2D eigenvalue weighted by Crippen LogP contribution is -2.52. The summed E-state index contributed by atoms with van der Waals surface area (Å²) in [6, 6.07) is 0.374. The van der Waals surface area contributed by atoms with E-state index >= 15 is 0 Å². The smallest absolute Gasteiger partial charge is 0.320 e. The third kappa shape index (κ3) is 3.37. The van der Waals surface area contributed by atoms with Crippen LogP contribution in [-0.4, -0.2) is 71.9 Å². The van der Waals surface area contributed by atoms with Crippen molar-refractivity contribution in [1.82, 2.24) is 14.7 Å². The van der Waals surface area contributed by atoms with Crippen LogP contribution in [0.5, 0.6) is 0 Å². The Balaban J connectivity index is 1.55. The van der Waals surface area contributed by atoms with Gasteiger partial charge in [0.05, 0.1) is 5.92 Å². The molecule has 1 unspecified atom stereocenters. The van der Waals surface area contributed by atoms with E-state index in [4.69, 9.17) is 5.73 Å². The predicted molar refractivity (Wildman–Crippen MR) is 84.3 cm³/mol. The minimum Gasteiger partial charge on any atom is -0.342 e. The summed E-state index contributed by atoms with van der Waals surface area (Å²) in [5.41, 5.74) is 5.91. The lowest BCUT2D eigenvalue weighted by atomic mass is 9.95. The van der Waals surface area contributed by atoms with Crippen molar-refractivity contribution in [2.24, 2.45) is 11.7 Å². The number of piperidine rings is 2. The van der Waals surface area contributed by atoms with Gasteiger partial charge < -0.3 is 20.4 Å². The van der Waals surface area contributed by atoms with E-state index in [2.05, 4.69) is 0 Å². The highest BCUT2D eigenvalue weighted by molar-refractivity contribution is 5.81. The summed E-state index contributed by atoms with van der Waals surface area (Å²) in [5.74, 6) is 0.209. The van der Waals surface area contributed by atoms with Crippen LogP contribution in [0.3, 0.4) is 0 Å². The van der Waals surface area contributed by atoms with Crippen molar-refractivity contribution in [2.75, 3.05) is 39.3 Å². The van der Waals surface area contributed by atoms with Gasteiger partial charge >= 0.3 is 6.03 Å². The molecule has 0 aliphatic carbocycles. The fourth-order valence-corrected chi connectivity index (χ4v) is 3.84. The molecule has 0 radical (unpaired) electrons. The summed E-state index contributed by atoms with van der Waals surface area (Å²) >= 11 is 0. The molecular weight excluding hydrogens is 280 g/mol. The molecule has 0 aromatic rings. The zero-order valence-electron chi connectivity index (χ0n) is 13.4. The Kier molecular flexibility index (Phi) is 4.86. The number of nitrogens with two attached hydrogens (primary N) is 1. The molecule has 2 N–H and O–H groups in total. The fraction of sp³-hybridized carbons (Fsp3) is 0.875. The van der Waals surface area contributed by atoms with E-state index < -0.39 is 0 Å². The molecule has 22 heavy (non-hydrogen) atoms. The third-order valence-electron chi connectivity index (χ3n) is 5.27. The number of likely N-dealkylation sites (tertiary alicyclic amines) is 3. The third-order valence-corrected chi connectivity index (χ3v) is 5.27. The maximum absolute atomic E-state index is 12.7. The van der Waals surface area contributed by atoms with Crippen LogP contribution in [0.4, 0.5) is 4.79 Å². The minimum absolute atomic E-state index is 0.0189. The van der Waals surface area contributed by atoms with Crippen LogP contribution in [0, 0.1) is 5.92 Å². The normalized spacial score (nSPS) is 27.3. The van der Waals surface area contributed by atoms with Crippen molar-refractivity contribution in [1.29, 1.82) is 0 Å². The molecule has 0 saturated carbocycles. The van der Waals surface area contributed by atoms with Crippen LogP contribution < -0.4 is 5.73 Å². The number of amides is 3. The first-order valence-electron chi connectivity index (χ1n) is 8.73. The average Bonchev–Trinajstić information content (AvgIpc) is 3.09. The molecule has 6 heteroatoms. The Morgan fingerprint density at radius 1 is 0.773 bits per heavy atom. The SMILES string of the molecule is NC1CCN(C(=O)C2CCCN(C(=O)N3CCCC3)C2)CC1. The number of nitrogens with zero attached hydrogens (tertiary/aromatic N) is 3. The summed E-state index contributed by atoms with van der Waals surface area (Å²) in [4.78, 5) is 31.0. The number of urea groups is 1. The molecule has 0 aromatic carbocycles. The van der Waals surface area contributed by atoms with Crippen LogP contribution in [0.2, 0.25) is 0 Å². The van der Waals surface area contributed by atoms with E-state index in [1.807, 2.05) is 14.7 Å². The molecule has 3 heterocycles. The van der Waals surface area contributed by atoms with Gasteiger partial charge in [0.2, 0.25) is 5.91 Å². The Morgan fingerprint density at radius 2 is 1.41 bits per heavy atom. The van der Waals surface area contributed by atoms with Gasteiger partial charge in [-0.3, -0.25) is 4.79 Å². The summed E-state index contributed by atoms with van der Waals surface area (Å²) in [5, 5.41) is 0. The van der Waals surface area contributed by atoms with Crippen molar-refractivity contribution in [2.45, 2.75) is 44.6 Å². The van der Waals surface area contributed by atoms with Gasteiger partial charge in [-0.2, -0.15) is 0 Å². The van der Waals surface area contributed by atoms with E-state index in [1.165, 1.54) is 0 Å². The summed E-state index contributed by atoms with van der Waals surface area (Å²) < 4.78 is 0. The second kappa shape index (κ2) is 6.86. The molecule has 3 amide bonds. The number of carbonyl (C=O) groups is 2. The molecular formula is C16H28N4O2. The Labute approximate surface area is 132 Å². The lowest BCUT2D eigenvalue weighted by Gasteiger charge is -2.38. The van der Waals surface area contributed by atoms with Crippen molar-refractivity contribution in [3.8, 4) is 0 Å². The average molecular weight is 308 g/mol. The molecule has 124 valence electrons. The Bertz CT molecular complexity index is 414. The van der Waals surface area contributed by atoms with Crippen LogP contribution in [0.25, 0.3) is 0 Å². The lowest BCUT2D eigenvalue weighted by molar-refractivity contribution is -0.138. The van der Waals surface area contributed by atoms with Gasteiger partial charge in [0.25, 0.3) is 0 Å². The highest BCUT2D eigenvalue weighted by atomic mass is 16.2. The molecule has 0 spiro atoms. The summed E-state index contributed by atoms with van der Waals surface area (Å²) in [7, 11) is 0. The number of rotatable bonds is 1. The predicted octanol–water partition coefficient (Wildman–Crippen LogP) is 0.864. The van der Waals surface area contributed by atoms with Gasteiger partial charge in [0.15, 0.2) is 0 Å². The highest BCUT2D eigenvalue weighted by Crippen LogP contribution is 2.23. The van der Waals surface area contributed by atoms with E-state index in [0.717, 1.165) is 71.2 Å². The quantitative estimate of drug-likeness (QED) is 0.781. The van der Waals surface area contributed by atoms with Crippen LogP contribution in [0.15, 0.2) is 0 Å². The van der Waals surface area contributed by atoms with Crippen molar-refractivity contribution >= 4 is 11.9 Å². The minimum atomic E-state index is -0.0189. The Hall–Kier alpha value is -1.30. The number of hydrogen-bond acceptors (Lipinski definition) is 3. The second-order valence-corrected chi connectivity index (χ2v) is 6.92. The molecule has 3 rings (SSSR count).